The predicted molar refractivity (Wildman–Crippen MR) is 80.5 cm³/mol. The maximum absolute atomic E-state index is 6.24. The Labute approximate surface area is 120 Å². The number of rotatable bonds is 6. The first kappa shape index (κ1) is 14.3. The van der Waals surface area contributed by atoms with Crippen molar-refractivity contribution >= 4 is 22.6 Å². The van der Waals surface area contributed by atoms with E-state index in [-0.39, 0.29) is 5.38 Å². The minimum atomic E-state index is -0.0718. The lowest BCUT2D eigenvalue weighted by molar-refractivity contribution is 0.507. The maximum atomic E-state index is 6.24. The molecule has 0 saturated carbocycles. The van der Waals surface area contributed by atoms with Gasteiger partial charge in [-0.25, -0.2) is 4.98 Å². The first-order chi connectivity index (χ1) is 9.09. The van der Waals surface area contributed by atoms with Gasteiger partial charge in [0.25, 0.3) is 0 Å². The maximum Gasteiger partial charge on any atom is 0.127 e. The Bertz CT molecular complexity index is 531. The van der Waals surface area contributed by atoms with Gasteiger partial charge in [-0.3, -0.25) is 4.98 Å². The van der Waals surface area contributed by atoms with Gasteiger partial charge < -0.3 is 4.57 Å². The summed E-state index contributed by atoms with van der Waals surface area (Å²) in [6.07, 6.45) is 7.32. The molecule has 3 nitrogen and oxygen atoms in total. The third-order valence-corrected chi connectivity index (χ3v) is 3.54. The van der Waals surface area contributed by atoms with E-state index in [1.807, 2.05) is 25.4 Å². The van der Waals surface area contributed by atoms with Crippen molar-refractivity contribution in [3.05, 3.63) is 24.3 Å². The van der Waals surface area contributed by atoms with Crippen molar-refractivity contribution in [2.75, 3.05) is 0 Å². The molecule has 2 rings (SSSR count). The molecule has 0 bridgehead atoms. The number of unbranched alkanes of at least 4 members (excludes halogenated alkanes) is 1. The van der Waals surface area contributed by atoms with Gasteiger partial charge in [-0.1, -0.05) is 26.7 Å². The fourth-order valence-electron chi connectivity index (χ4n) is 2.36. The third-order valence-electron chi connectivity index (χ3n) is 3.35. The Morgan fingerprint density at radius 2 is 2.05 bits per heavy atom. The Morgan fingerprint density at radius 1 is 1.26 bits per heavy atom. The van der Waals surface area contributed by atoms with E-state index >= 15 is 0 Å². The Balaban J connectivity index is 2.17. The number of pyridine rings is 1. The minimum absolute atomic E-state index is 0.0718. The van der Waals surface area contributed by atoms with Gasteiger partial charge in [0.2, 0.25) is 0 Å². The molecule has 1 atom stereocenters. The monoisotopic (exact) mass is 279 g/mol. The summed E-state index contributed by atoms with van der Waals surface area (Å²) in [5.41, 5.74) is 2.08. The molecule has 0 amide bonds. The van der Waals surface area contributed by atoms with Crippen LogP contribution in [0, 0.1) is 5.92 Å². The van der Waals surface area contributed by atoms with E-state index in [4.69, 9.17) is 11.6 Å². The van der Waals surface area contributed by atoms with Crippen LogP contribution in [-0.4, -0.2) is 14.5 Å². The molecule has 2 aromatic heterocycles. The molecular formula is C15H22ClN3. The first-order valence-corrected chi connectivity index (χ1v) is 7.47. The molecule has 0 spiro atoms. The van der Waals surface area contributed by atoms with Gasteiger partial charge in [0, 0.05) is 12.7 Å². The van der Waals surface area contributed by atoms with Crippen LogP contribution >= 0.6 is 11.6 Å². The molecule has 0 fully saturated rings. The van der Waals surface area contributed by atoms with Crippen LogP contribution in [0.2, 0.25) is 0 Å². The van der Waals surface area contributed by atoms with E-state index in [0.29, 0.717) is 0 Å². The highest BCUT2D eigenvalue weighted by Gasteiger charge is 2.14. The van der Waals surface area contributed by atoms with E-state index in [0.717, 1.165) is 29.3 Å². The van der Waals surface area contributed by atoms with Crippen LogP contribution in [0.15, 0.2) is 18.5 Å². The van der Waals surface area contributed by atoms with Crippen molar-refractivity contribution in [2.24, 2.45) is 5.92 Å². The Morgan fingerprint density at radius 3 is 2.74 bits per heavy atom. The highest BCUT2D eigenvalue weighted by molar-refractivity contribution is 6.20. The van der Waals surface area contributed by atoms with Crippen LogP contribution in [-0.2, 0) is 6.54 Å². The summed E-state index contributed by atoms with van der Waals surface area (Å²) in [6, 6.07) is 2.02. The number of fused-ring (bicyclic) bond motifs is 1. The summed E-state index contributed by atoms with van der Waals surface area (Å²) in [5.74, 6) is 1.73. The summed E-state index contributed by atoms with van der Waals surface area (Å²) >= 11 is 6.24. The van der Waals surface area contributed by atoms with Gasteiger partial charge in [0.1, 0.15) is 11.3 Å². The molecule has 0 radical (unpaired) electrons. The minimum Gasteiger partial charge on any atom is -0.327 e. The molecule has 0 aliphatic carbocycles. The van der Waals surface area contributed by atoms with E-state index in [1.54, 1.807) is 0 Å². The molecule has 104 valence electrons. The van der Waals surface area contributed by atoms with Crippen LogP contribution in [0.3, 0.4) is 0 Å². The van der Waals surface area contributed by atoms with E-state index in [2.05, 4.69) is 28.4 Å². The second kappa shape index (κ2) is 6.38. The predicted octanol–water partition coefficient (Wildman–Crippen LogP) is 4.56. The number of halogens is 1. The number of hydrogen-bond donors (Lipinski definition) is 0. The van der Waals surface area contributed by atoms with Gasteiger partial charge in [-0.2, -0.15) is 0 Å². The number of alkyl halides is 1. The number of aryl methyl sites for hydroxylation is 1. The normalized spacial score (nSPS) is 13.3. The van der Waals surface area contributed by atoms with Crippen LogP contribution in [0.4, 0.5) is 0 Å². The summed E-state index contributed by atoms with van der Waals surface area (Å²) in [5, 5.41) is -0.0718. The first-order valence-electron chi connectivity index (χ1n) is 7.03. The second-order valence-electron chi connectivity index (χ2n) is 5.49. The quantitative estimate of drug-likeness (QED) is 0.573. The molecule has 2 heterocycles. The number of imidazole rings is 1. The van der Waals surface area contributed by atoms with Gasteiger partial charge in [0.15, 0.2) is 0 Å². The fourth-order valence-corrected chi connectivity index (χ4v) is 2.53. The smallest absolute Gasteiger partial charge is 0.127 e. The van der Waals surface area contributed by atoms with Crippen molar-refractivity contribution in [3.8, 4) is 0 Å². The van der Waals surface area contributed by atoms with Crippen LogP contribution in [0.1, 0.15) is 51.2 Å². The molecule has 0 aliphatic rings. The summed E-state index contributed by atoms with van der Waals surface area (Å²) in [7, 11) is 0. The fraction of sp³-hybridized carbons (Fsp3) is 0.600. The van der Waals surface area contributed by atoms with E-state index < -0.39 is 0 Å². The lowest BCUT2D eigenvalue weighted by Gasteiger charge is -2.11. The van der Waals surface area contributed by atoms with Gasteiger partial charge in [-0.15, -0.1) is 11.6 Å². The average molecular weight is 280 g/mol. The molecule has 0 aliphatic heterocycles. The molecule has 19 heavy (non-hydrogen) atoms. The lowest BCUT2D eigenvalue weighted by Crippen LogP contribution is -2.05. The topological polar surface area (TPSA) is 30.7 Å². The standard InChI is InChI=1S/C15H22ClN3/c1-11(2)6-4-5-9-19-14-7-8-17-10-13(14)18-15(19)12(3)16/h7-8,10-12H,4-6,9H2,1-3H3. The highest BCUT2D eigenvalue weighted by atomic mass is 35.5. The summed E-state index contributed by atoms with van der Waals surface area (Å²) in [6.45, 7) is 7.50. The molecule has 0 N–H and O–H groups in total. The van der Waals surface area contributed by atoms with Crippen molar-refractivity contribution < 1.29 is 0 Å². The van der Waals surface area contributed by atoms with Crippen LogP contribution in [0.25, 0.3) is 11.0 Å². The molecule has 2 aromatic rings. The zero-order chi connectivity index (χ0) is 13.8. The molecule has 1 unspecified atom stereocenters. The van der Waals surface area contributed by atoms with E-state index in [1.165, 1.54) is 19.3 Å². The van der Waals surface area contributed by atoms with Crippen molar-refractivity contribution in [3.63, 3.8) is 0 Å². The molecule has 0 saturated heterocycles. The van der Waals surface area contributed by atoms with Crippen LogP contribution < -0.4 is 0 Å². The van der Waals surface area contributed by atoms with Crippen LogP contribution in [0.5, 0.6) is 0 Å². The second-order valence-corrected chi connectivity index (χ2v) is 6.15. The largest absolute Gasteiger partial charge is 0.327 e. The number of aromatic nitrogens is 3. The lowest BCUT2D eigenvalue weighted by atomic mass is 10.1. The van der Waals surface area contributed by atoms with Gasteiger partial charge in [0.05, 0.1) is 17.1 Å². The van der Waals surface area contributed by atoms with Crippen molar-refractivity contribution in [1.82, 2.24) is 14.5 Å². The average Bonchev–Trinajstić information content (AvgIpc) is 2.73. The zero-order valence-corrected chi connectivity index (χ0v) is 12.7. The summed E-state index contributed by atoms with van der Waals surface area (Å²) in [4.78, 5) is 8.72. The van der Waals surface area contributed by atoms with Crippen molar-refractivity contribution in [1.29, 1.82) is 0 Å². The van der Waals surface area contributed by atoms with Crippen molar-refractivity contribution in [2.45, 2.75) is 52.0 Å². The summed E-state index contributed by atoms with van der Waals surface area (Å²) < 4.78 is 2.25. The zero-order valence-electron chi connectivity index (χ0n) is 11.9. The highest BCUT2D eigenvalue weighted by Crippen LogP contribution is 2.24. The Kier molecular flexibility index (Phi) is 4.81. The molecular weight excluding hydrogens is 258 g/mol. The molecule has 0 aromatic carbocycles. The third kappa shape index (κ3) is 3.47. The number of hydrogen-bond acceptors (Lipinski definition) is 2. The SMILES string of the molecule is CC(C)CCCCn1c(C(C)Cl)nc2cnccc21. The van der Waals surface area contributed by atoms with Gasteiger partial charge in [-0.05, 0) is 25.3 Å². The number of nitrogens with zero attached hydrogens (tertiary/aromatic N) is 3. The van der Waals surface area contributed by atoms with E-state index in [9.17, 15) is 0 Å². The van der Waals surface area contributed by atoms with Gasteiger partial charge >= 0.3 is 0 Å². The Hall–Kier alpha value is -1.09. The molecule has 4 heteroatoms.